The third kappa shape index (κ3) is 1.52. The minimum absolute atomic E-state index is 0.0167. The van der Waals surface area contributed by atoms with Gasteiger partial charge in [0.25, 0.3) is 0 Å². The molecule has 3 nitrogen and oxygen atoms in total. The van der Waals surface area contributed by atoms with Crippen LogP contribution in [0, 0.1) is 0 Å². The van der Waals surface area contributed by atoms with Crippen LogP contribution in [0.4, 0.5) is 5.69 Å². The Morgan fingerprint density at radius 2 is 2.12 bits per heavy atom. The molecule has 2 aliphatic rings. The summed E-state index contributed by atoms with van der Waals surface area (Å²) in [5.74, 6) is 1.18. The fraction of sp³-hybridized carbons (Fsp3) is 0.462. The molecule has 1 unspecified atom stereocenters. The van der Waals surface area contributed by atoms with Gasteiger partial charge < -0.3 is 9.64 Å². The van der Waals surface area contributed by atoms with Crippen molar-refractivity contribution in [1.82, 2.24) is 0 Å². The molecule has 0 radical (unpaired) electrons. The molecule has 0 amide bonds. The molecule has 1 aromatic rings. The topological polar surface area (TPSA) is 24.8 Å². The van der Waals surface area contributed by atoms with Crippen molar-refractivity contribution >= 4 is 11.5 Å². The summed E-state index contributed by atoms with van der Waals surface area (Å²) in [6.45, 7) is 1.65. The zero-order chi connectivity index (χ0) is 11.0. The van der Waals surface area contributed by atoms with Gasteiger partial charge in [-0.3, -0.25) is 4.99 Å². The molecule has 2 aliphatic heterocycles. The molecule has 3 heteroatoms. The number of likely N-dealkylation sites (N-methyl/N-ethyl adjacent to an activating group) is 1. The Bertz CT molecular complexity index is 407. The number of hydrogen-bond donors (Lipinski definition) is 0. The first-order chi connectivity index (χ1) is 7.82. The third-order valence-corrected chi connectivity index (χ3v) is 3.37. The number of ether oxygens (including phenoxy) is 1. The zero-order valence-electron chi connectivity index (χ0n) is 9.52. The molecule has 16 heavy (non-hydrogen) atoms. The molecule has 0 bridgehead atoms. The molecule has 1 aromatic carbocycles. The number of aliphatic imine (C=N–C) groups is 1. The van der Waals surface area contributed by atoms with Gasteiger partial charge in [-0.15, -0.1) is 0 Å². The molecule has 1 atom stereocenters. The molecule has 0 N–H and O–H groups in total. The van der Waals surface area contributed by atoms with Crippen LogP contribution in [0.5, 0.6) is 0 Å². The van der Waals surface area contributed by atoms with Crippen molar-refractivity contribution in [2.75, 3.05) is 25.2 Å². The molecule has 84 valence electrons. The molecular formula is C13H16N2O. The number of para-hydroxylation sites is 1. The monoisotopic (exact) mass is 216 g/mol. The summed E-state index contributed by atoms with van der Waals surface area (Å²) in [6, 6.07) is 10.4. The molecule has 0 aliphatic carbocycles. The van der Waals surface area contributed by atoms with E-state index in [-0.39, 0.29) is 5.54 Å². The fourth-order valence-corrected chi connectivity index (χ4v) is 2.38. The van der Waals surface area contributed by atoms with E-state index in [0.29, 0.717) is 0 Å². The lowest BCUT2D eigenvalue weighted by molar-refractivity contribution is 0.0761. The Kier molecular flexibility index (Phi) is 2.21. The number of rotatable bonds is 1. The van der Waals surface area contributed by atoms with Gasteiger partial charge in [0, 0.05) is 19.3 Å². The van der Waals surface area contributed by atoms with Crippen molar-refractivity contribution in [3.63, 3.8) is 0 Å². The minimum Gasteiger partial charge on any atom is -0.378 e. The quantitative estimate of drug-likeness (QED) is 0.718. The van der Waals surface area contributed by atoms with Crippen LogP contribution >= 0.6 is 0 Å². The SMILES string of the molecule is CN(C1=NC12CCCOC2)c1ccccc1. The number of benzene rings is 1. The van der Waals surface area contributed by atoms with Crippen molar-refractivity contribution in [3.05, 3.63) is 30.3 Å². The average Bonchev–Trinajstić information content (AvgIpc) is 3.04. The largest absolute Gasteiger partial charge is 0.378 e. The lowest BCUT2D eigenvalue weighted by atomic mass is 9.99. The molecule has 0 aromatic heterocycles. The van der Waals surface area contributed by atoms with E-state index < -0.39 is 0 Å². The molecular weight excluding hydrogens is 200 g/mol. The normalized spacial score (nSPS) is 27.7. The lowest BCUT2D eigenvalue weighted by Crippen LogP contribution is -2.37. The second-order valence-corrected chi connectivity index (χ2v) is 4.52. The maximum absolute atomic E-state index is 5.52. The van der Waals surface area contributed by atoms with Gasteiger partial charge in [-0.2, -0.15) is 0 Å². The Hall–Kier alpha value is -1.35. The van der Waals surface area contributed by atoms with Gasteiger partial charge in [-0.05, 0) is 25.0 Å². The standard InChI is InChI=1S/C13H16N2O/c1-15(11-6-3-2-4-7-11)12-13(14-12)8-5-9-16-10-13/h2-4,6-7H,5,8-10H2,1H3. The van der Waals surface area contributed by atoms with Crippen LogP contribution in [0.25, 0.3) is 0 Å². The summed E-state index contributed by atoms with van der Waals surface area (Å²) in [5, 5.41) is 0. The molecule has 0 saturated carbocycles. The Morgan fingerprint density at radius 1 is 1.31 bits per heavy atom. The number of amidine groups is 1. The van der Waals surface area contributed by atoms with Crippen molar-refractivity contribution in [2.45, 2.75) is 18.4 Å². The summed E-state index contributed by atoms with van der Waals surface area (Å²) in [7, 11) is 2.08. The van der Waals surface area contributed by atoms with Crippen LogP contribution in [-0.4, -0.2) is 31.6 Å². The predicted molar refractivity (Wildman–Crippen MR) is 65.1 cm³/mol. The molecule has 1 fully saturated rings. The van der Waals surface area contributed by atoms with Gasteiger partial charge in [0.15, 0.2) is 0 Å². The Morgan fingerprint density at radius 3 is 2.81 bits per heavy atom. The summed E-state index contributed by atoms with van der Waals surface area (Å²) in [5.41, 5.74) is 1.21. The first kappa shape index (κ1) is 9.85. The minimum atomic E-state index is 0.0167. The maximum atomic E-state index is 5.52. The third-order valence-electron chi connectivity index (χ3n) is 3.37. The van der Waals surface area contributed by atoms with Crippen LogP contribution in [-0.2, 0) is 4.74 Å². The van der Waals surface area contributed by atoms with Gasteiger partial charge in [0.1, 0.15) is 11.4 Å². The van der Waals surface area contributed by atoms with Crippen molar-refractivity contribution < 1.29 is 4.74 Å². The Labute approximate surface area is 95.7 Å². The van der Waals surface area contributed by atoms with Crippen molar-refractivity contribution in [3.8, 4) is 0 Å². The van der Waals surface area contributed by atoms with Gasteiger partial charge in [0.2, 0.25) is 0 Å². The summed E-state index contributed by atoms with van der Waals surface area (Å²) >= 11 is 0. The van der Waals surface area contributed by atoms with E-state index in [1.165, 1.54) is 11.5 Å². The van der Waals surface area contributed by atoms with Crippen LogP contribution < -0.4 is 4.90 Å². The highest BCUT2D eigenvalue weighted by Gasteiger charge is 2.50. The maximum Gasteiger partial charge on any atom is 0.143 e. The molecule has 1 spiro atoms. The smallest absolute Gasteiger partial charge is 0.143 e. The highest BCUT2D eigenvalue weighted by atomic mass is 16.5. The van der Waals surface area contributed by atoms with Crippen molar-refractivity contribution in [1.29, 1.82) is 0 Å². The first-order valence-corrected chi connectivity index (χ1v) is 5.79. The molecule has 2 heterocycles. The first-order valence-electron chi connectivity index (χ1n) is 5.79. The summed E-state index contributed by atoms with van der Waals surface area (Å²) < 4.78 is 5.52. The van der Waals surface area contributed by atoms with E-state index >= 15 is 0 Å². The average molecular weight is 216 g/mol. The predicted octanol–water partition coefficient (Wildman–Crippen LogP) is 2.08. The number of hydrogen-bond acceptors (Lipinski definition) is 3. The zero-order valence-corrected chi connectivity index (χ0v) is 9.52. The van der Waals surface area contributed by atoms with Gasteiger partial charge in [0.05, 0.1) is 6.61 Å². The van der Waals surface area contributed by atoms with Crippen LogP contribution in [0.2, 0.25) is 0 Å². The van der Waals surface area contributed by atoms with E-state index in [1.807, 2.05) is 6.07 Å². The highest BCUT2D eigenvalue weighted by Crippen LogP contribution is 2.38. The van der Waals surface area contributed by atoms with Crippen LogP contribution in [0.15, 0.2) is 35.3 Å². The van der Waals surface area contributed by atoms with Crippen LogP contribution in [0.1, 0.15) is 12.8 Å². The highest BCUT2D eigenvalue weighted by molar-refractivity contribution is 6.13. The van der Waals surface area contributed by atoms with E-state index in [1.54, 1.807) is 0 Å². The Balaban J connectivity index is 1.74. The molecule has 1 saturated heterocycles. The van der Waals surface area contributed by atoms with Gasteiger partial charge in [-0.1, -0.05) is 18.2 Å². The second kappa shape index (κ2) is 3.59. The van der Waals surface area contributed by atoms with E-state index in [4.69, 9.17) is 4.74 Å². The van der Waals surface area contributed by atoms with Crippen molar-refractivity contribution in [2.24, 2.45) is 4.99 Å². The van der Waals surface area contributed by atoms with Crippen LogP contribution in [0.3, 0.4) is 0 Å². The van der Waals surface area contributed by atoms with E-state index in [9.17, 15) is 0 Å². The van der Waals surface area contributed by atoms with E-state index in [0.717, 1.165) is 26.1 Å². The summed E-state index contributed by atoms with van der Waals surface area (Å²) in [4.78, 5) is 6.81. The molecule has 3 rings (SSSR count). The lowest BCUT2D eigenvalue weighted by Gasteiger charge is -2.24. The fourth-order valence-electron chi connectivity index (χ4n) is 2.38. The number of anilines is 1. The van der Waals surface area contributed by atoms with E-state index in [2.05, 4.69) is 41.2 Å². The van der Waals surface area contributed by atoms with Gasteiger partial charge >= 0.3 is 0 Å². The number of nitrogens with zero attached hydrogens (tertiary/aromatic N) is 2. The second-order valence-electron chi connectivity index (χ2n) is 4.52. The van der Waals surface area contributed by atoms with Gasteiger partial charge in [-0.25, -0.2) is 0 Å². The summed E-state index contributed by atoms with van der Waals surface area (Å²) in [6.07, 6.45) is 2.26.